The molecular formula is C20H20ClFN4O2. The number of nitrogens with one attached hydrogen (secondary N) is 2. The van der Waals surface area contributed by atoms with Crippen molar-refractivity contribution in [3.63, 3.8) is 0 Å². The van der Waals surface area contributed by atoms with E-state index in [0.29, 0.717) is 5.75 Å². The lowest BCUT2D eigenvalue weighted by molar-refractivity contribution is -0.101. The Bertz CT molecular complexity index is 1020. The van der Waals surface area contributed by atoms with Gasteiger partial charge in [-0.3, -0.25) is 5.32 Å². The number of nitrogens with zero attached hydrogens (tertiary/aromatic N) is 2. The second kappa shape index (κ2) is 6.34. The Hall–Kier alpha value is -2.35. The van der Waals surface area contributed by atoms with Gasteiger partial charge in [0.05, 0.1) is 10.5 Å². The highest BCUT2D eigenvalue weighted by molar-refractivity contribution is 6.30. The van der Waals surface area contributed by atoms with Crippen LogP contribution in [-0.4, -0.2) is 38.4 Å². The number of aliphatic hydroxyl groups is 1. The van der Waals surface area contributed by atoms with Crippen LogP contribution in [0.15, 0.2) is 48.9 Å². The minimum absolute atomic E-state index is 0.0337. The first-order chi connectivity index (χ1) is 13.5. The monoisotopic (exact) mass is 402 g/mol. The van der Waals surface area contributed by atoms with Gasteiger partial charge in [-0.2, -0.15) is 0 Å². The van der Waals surface area contributed by atoms with Crippen LogP contribution in [0.1, 0.15) is 19.3 Å². The Morgan fingerprint density at radius 1 is 1.25 bits per heavy atom. The van der Waals surface area contributed by atoms with Crippen LogP contribution in [0.5, 0.6) is 5.75 Å². The van der Waals surface area contributed by atoms with E-state index in [0.717, 1.165) is 30.6 Å². The van der Waals surface area contributed by atoms with Crippen molar-refractivity contribution in [1.29, 1.82) is 0 Å². The van der Waals surface area contributed by atoms with Crippen LogP contribution >= 0.6 is 11.6 Å². The van der Waals surface area contributed by atoms with Crippen molar-refractivity contribution in [2.75, 3.05) is 11.9 Å². The number of benzene rings is 1. The minimum Gasteiger partial charge on any atom is -0.489 e. The Morgan fingerprint density at radius 2 is 2.07 bits per heavy atom. The fraction of sp³-hybridized carbons (Fsp3) is 0.350. The molecule has 3 aliphatic carbocycles. The summed E-state index contributed by atoms with van der Waals surface area (Å²) in [4.78, 5) is 4.47. The quantitative estimate of drug-likeness (QED) is 0.529. The van der Waals surface area contributed by atoms with Gasteiger partial charge >= 0.3 is 0 Å². The molecule has 6 nitrogen and oxygen atoms in total. The molecule has 2 bridgehead atoms. The number of fused-ring (bicyclic) bond motifs is 1. The van der Waals surface area contributed by atoms with Crippen LogP contribution in [0.2, 0.25) is 5.02 Å². The summed E-state index contributed by atoms with van der Waals surface area (Å²) < 4.78 is 20.9. The van der Waals surface area contributed by atoms with Gasteiger partial charge in [-0.15, -0.1) is 0 Å². The lowest BCUT2D eigenvalue weighted by Gasteiger charge is -2.71. The highest BCUT2D eigenvalue weighted by atomic mass is 35.5. The van der Waals surface area contributed by atoms with Crippen molar-refractivity contribution in [3.8, 4) is 5.75 Å². The first-order valence-corrected chi connectivity index (χ1v) is 9.57. The standard InChI is InChI=1S/C20H20ClFN4O2/c21-14-4-3-13(8-15(14)22)28-9-17(27)24-19-10-20(11-19,12-19)25-18-16-2-1-6-26(16)7-5-23-18/h1-8,17,24,27H,9-12H2,(H,23,25). The molecule has 6 rings (SSSR count). The largest absolute Gasteiger partial charge is 0.489 e. The summed E-state index contributed by atoms with van der Waals surface area (Å²) in [6.07, 6.45) is 7.62. The summed E-state index contributed by atoms with van der Waals surface area (Å²) in [6, 6.07) is 8.26. The molecule has 3 fully saturated rings. The fourth-order valence-corrected chi connectivity index (χ4v) is 4.65. The number of aromatic nitrogens is 2. The zero-order chi connectivity index (χ0) is 19.4. The zero-order valence-electron chi connectivity index (χ0n) is 15.0. The number of hydrogen-bond acceptors (Lipinski definition) is 5. The van der Waals surface area contributed by atoms with E-state index in [-0.39, 0.29) is 22.7 Å². The van der Waals surface area contributed by atoms with Crippen LogP contribution in [0.4, 0.5) is 10.2 Å². The predicted molar refractivity (Wildman–Crippen MR) is 104 cm³/mol. The molecule has 0 radical (unpaired) electrons. The number of halogens is 2. The normalized spacial score (nSPS) is 26.4. The van der Waals surface area contributed by atoms with Crippen molar-refractivity contribution < 1.29 is 14.2 Å². The molecule has 3 saturated carbocycles. The topological polar surface area (TPSA) is 70.8 Å². The average Bonchev–Trinajstić information content (AvgIpc) is 3.09. The van der Waals surface area contributed by atoms with Crippen LogP contribution in [0.25, 0.3) is 5.52 Å². The van der Waals surface area contributed by atoms with Gasteiger partial charge in [0.15, 0.2) is 5.82 Å². The third-order valence-electron chi connectivity index (χ3n) is 5.64. The zero-order valence-corrected chi connectivity index (χ0v) is 15.8. The molecule has 3 aromatic rings. The van der Waals surface area contributed by atoms with Gasteiger partial charge in [-0.1, -0.05) is 11.6 Å². The molecule has 1 aromatic carbocycles. The minimum atomic E-state index is -0.829. The first-order valence-electron chi connectivity index (χ1n) is 9.20. The SMILES string of the molecule is OC(COc1ccc(Cl)c(F)c1)NC12CC(Nc3nccn4cccc34)(C1)C2. The van der Waals surface area contributed by atoms with Crippen LogP contribution in [-0.2, 0) is 0 Å². The van der Waals surface area contributed by atoms with Gasteiger partial charge in [-0.25, -0.2) is 9.37 Å². The number of ether oxygens (including phenoxy) is 1. The van der Waals surface area contributed by atoms with Crippen molar-refractivity contribution >= 4 is 22.9 Å². The van der Waals surface area contributed by atoms with Crippen molar-refractivity contribution in [2.24, 2.45) is 0 Å². The molecule has 146 valence electrons. The summed E-state index contributed by atoms with van der Waals surface area (Å²) in [5, 5.41) is 17.1. The molecule has 0 saturated heterocycles. The maximum absolute atomic E-state index is 13.4. The third-order valence-corrected chi connectivity index (χ3v) is 5.94. The maximum Gasteiger partial charge on any atom is 0.150 e. The molecule has 1 unspecified atom stereocenters. The number of rotatable bonds is 7. The van der Waals surface area contributed by atoms with Crippen LogP contribution in [0, 0.1) is 5.82 Å². The predicted octanol–water partition coefficient (Wildman–Crippen LogP) is 3.20. The van der Waals surface area contributed by atoms with E-state index in [1.54, 1.807) is 12.3 Å². The summed E-state index contributed by atoms with van der Waals surface area (Å²) in [5.41, 5.74) is 1.01. The fourth-order valence-electron chi connectivity index (χ4n) is 4.53. The van der Waals surface area contributed by atoms with E-state index < -0.39 is 12.0 Å². The van der Waals surface area contributed by atoms with Gasteiger partial charge in [0, 0.05) is 35.7 Å². The Morgan fingerprint density at radius 3 is 2.86 bits per heavy atom. The van der Waals surface area contributed by atoms with Crippen molar-refractivity contribution in [1.82, 2.24) is 14.7 Å². The van der Waals surface area contributed by atoms with Crippen LogP contribution in [0.3, 0.4) is 0 Å². The number of anilines is 1. The molecule has 0 amide bonds. The van der Waals surface area contributed by atoms with E-state index in [9.17, 15) is 9.50 Å². The van der Waals surface area contributed by atoms with Gasteiger partial charge in [0.25, 0.3) is 0 Å². The van der Waals surface area contributed by atoms with Crippen molar-refractivity contribution in [2.45, 2.75) is 36.6 Å². The van der Waals surface area contributed by atoms with E-state index in [4.69, 9.17) is 16.3 Å². The molecule has 0 aliphatic heterocycles. The van der Waals surface area contributed by atoms with Gasteiger partial charge < -0.3 is 19.6 Å². The summed E-state index contributed by atoms with van der Waals surface area (Å²) >= 11 is 5.65. The van der Waals surface area contributed by atoms with Gasteiger partial charge in [-0.05, 0) is 43.5 Å². The number of aliphatic hydroxyl groups excluding tert-OH is 1. The highest BCUT2D eigenvalue weighted by Gasteiger charge is 2.68. The molecule has 2 heterocycles. The Labute approximate surface area is 166 Å². The molecule has 1 atom stereocenters. The lowest BCUT2D eigenvalue weighted by atomic mass is 9.44. The Balaban J connectivity index is 1.14. The van der Waals surface area contributed by atoms with Crippen LogP contribution < -0.4 is 15.4 Å². The third kappa shape index (κ3) is 2.99. The molecule has 3 aliphatic rings. The van der Waals surface area contributed by atoms with Gasteiger partial charge in [0.2, 0.25) is 0 Å². The first kappa shape index (κ1) is 17.7. The average molecular weight is 403 g/mol. The van der Waals surface area contributed by atoms with Crippen molar-refractivity contribution in [3.05, 3.63) is 59.8 Å². The van der Waals surface area contributed by atoms with E-state index in [1.165, 1.54) is 12.1 Å². The smallest absolute Gasteiger partial charge is 0.150 e. The Kier molecular flexibility index (Phi) is 4.01. The molecule has 2 aromatic heterocycles. The second-order valence-corrected chi connectivity index (χ2v) is 8.25. The second-order valence-electron chi connectivity index (χ2n) is 7.84. The van der Waals surface area contributed by atoms with E-state index >= 15 is 0 Å². The van der Waals surface area contributed by atoms with E-state index in [2.05, 4.69) is 15.6 Å². The maximum atomic E-state index is 13.4. The van der Waals surface area contributed by atoms with Gasteiger partial charge in [0.1, 0.15) is 24.4 Å². The summed E-state index contributed by atoms with van der Waals surface area (Å²) in [6.45, 7) is 0.0360. The van der Waals surface area contributed by atoms with E-state index in [1.807, 2.05) is 28.9 Å². The molecule has 3 N–H and O–H groups in total. The summed E-state index contributed by atoms with van der Waals surface area (Å²) in [5.74, 6) is 0.681. The highest BCUT2D eigenvalue weighted by Crippen LogP contribution is 2.62. The molecular weight excluding hydrogens is 383 g/mol. The number of hydrogen-bond donors (Lipinski definition) is 3. The molecule has 8 heteroatoms. The lowest BCUT2D eigenvalue weighted by Crippen LogP contribution is -2.82. The molecule has 0 spiro atoms. The molecule has 28 heavy (non-hydrogen) atoms. The summed E-state index contributed by atoms with van der Waals surface area (Å²) in [7, 11) is 0.